The highest BCUT2D eigenvalue weighted by molar-refractivity contribution is 5.96. The number of amides is 3. The lowest BCUT2D eigenvalue weighted by Gasteiger charge is -2.24. The van der Waals surface area contributed by atoms with Gasteiger partial charge in [-0.3, -0.25) is 29.0 Å². The molecular formula is C20H36N8O9. The van der Waals surface area contributed by atoms with Gasteiger partial charge in [-0.15, -0.1) is 0 Å². The molecule has 0 aliphatic carbocycles. The van der Waals surface area contributed by atoms with E-state index in [1.807, 2.05) is 5.32 Å². The number of carbonyl (C=O) groups excluding carboxylic acids is 3. The van der Waals surface area contributed by atoms with E-state index in [1.54, 1.807) is 0 Å². The molecule has 0 saturated heterocycles. The van der Waals surface area contributed by atoms with Crippen LogP contribution >= 0.6 is 0 Å². The Balaban J connectivity index is 5.61. The predicted molar refractivity (Wildman–Crippen MR) is 129 cm³/mol. The Morgan fingerprint density at radius 2 is 1.22 bits per heavy atom. The number of unbranched alkanes of at least 4 members (excludes halogenated alkanes) is 1. The number of aliphatic imine (C=N–C) groups is 1. The van der Waals surface area contributed by atoms with Gasteiger partial charge < -0.3 is 54.2 Å². The first-order chi connectivity index (χ1) is 17.3. The Hall–Kier alpha value is -3.99. The second-order valence-corrected chi connectivity index (χ2v) is 8.06. The molecule has 37 heavy (non-hydrogen) atoms. The smallest absolute Gasteiger partial charge is 0.326 e. The number of rotatable bonds is 19. The monoisotopic (exact) mass is 532 g/mol. The molecule has 17 nitrogen and oxygen atoms in total. The topological polar surface area (TPSA) is 316 Å². The van der Waals surface area contributed by atoms with Gasteiger partial charge in [-0.05, 0) is 32.2 Å². The van der Waals surface area contributed by atoms with Gasteiger partial charge in [-0.2, -0.15) is 0 Å². The van der Waals surface area contributed by atoms with Crippen molar-refractivity contribution in [1.82, 2.24) is 16.0 Å². The van der Waals surface area contributed by atoms with E-state index in [9.17, 15) is 39.0 Å². The second kappa shape index (κ2) is 17.4. The highest BCUT2D eigenvalue weighted by Crippen LogP contribution is 2.05. The van der Waals surface area contributed by atoms with Crippen LogP contribution in [0.4, 0.5) is 0 Å². The van der Waals surface area contributed by atoms with Gasteiger partial charge in [0.05, 0.1) is 18.9 Å². The Bertz CT molecular complexity index is 848. The molecule has 0 heterocycles. The SMILES string of the molecule is NCCCCC(N)C(=O)NC(CC(=O)O)C(=O)NC(CCCN=C(N)N)C(=O)NC(CC(=O)O)C(=O)O. The molecule has 0 aliphatic rings. The Morgan fingerprint density at radius 1 is 0.703 bits per heavy atom. The second-order valence-electron chi connectivity index (χ2n) is 8.06. The zero-order valence-corrected chi connectivity index (χ0v) is 20.2. The molecule has 0 fully saturated rings. The minimum absolute atomic E-state index is 0.0341. The molecule has 0 spiro atoms. The van der Waals surface area contributed by atoms with E-state index < -0.39 is 72.6 Å². The standard InChI is InChI=1S/C20H36N8O9/c21-6-2-1-4-10(22)16(33)27-12(8-14(29)30)18(35)26-11(5-3-7-25-20(23)24)17(34)28-13(19(36)37)9-15(31)32/h10-13H,1-9,21-22H2,(H,26,35)(H,27,33)(H,28,34)(H,29,30)(H,31,32)(H,36,37)(H4,23,24,25). The molecule has 210 valence electrons. The Labute approximate surface area is 212 Å². The maximum atomic E-state index is 12.8. The van der Waals surface area contributed by atoms with Gasteiger partial charge >= 0.3 is 17.9 Å². The molecule has 0 aromatic heterocycles. The van der Waals surface area contributed by atoms with Crippen molar-refractivity contribution < 1.29 is 44.1 Å². The van der Waals surface area contributed by atoms with Gasteiger partial charge in [0, 0.05) is 6.54 Å². The number of hydrogen-bond donors (Lipinski definition) is 10. The van der Waals surface area contributed by atoms with Crippen LogP contribution in [0.3, 0.4) is 0 Å². The van der Waals surface area contributed by atoms with Crippen molar-refractivity contribution in [3.63, 3.8) is 0 Å². The van der Waals surface area contributed by atoms with E-state index in [1.165, 1.54) is 0 Å². The van der Waals surface area contributed by atoms with Gasteiger partial charge in [0.2, 0.25) is 17.7 Å². The van der Waals surface area contributed by atoms with E-state index in [0.29, 0.717) is 19.4 Å². The number of aliphatic carboxylic acids is 3. The minimum Gasteiger partial charge on any atom is -0.481 e. The van der Waals surface area contributed by atoms with Gasteiger partial charge in [0.1, 0.15) is 18.1 Å². The van der Waals surface area contributed by atoms with Crippen molar-refractivity contribution in [1.29, 1.82) is 0 Å². The van der Waals surface area contributed by atoms with Crippen LogP contribution in [-0.2, 0) is 28.8 Å². The largest absolute Gasteiger partial charge is 0.481 e. The molecule has 0 radical (unpaired) electrons. The zero-order chi connectivity index (χ0) is 28.5. The van der Waals surface area contributed by atoms with Crippen LogP contribution in [0, 0.1) is 0 Å². The normalized spacial score (nSPS) is 13.8. The van der Waals surface area contributed by atoms with Crippen LogP contribution in [0.5, 0.6) is 0 Å². The summed E-state index contributed by atoms with van der Waals surface area (Å²) in [5.41, 5.74) is 21.6. The summed E-state index contributed by atoms with van der Waals surface area (Å²) in [5, 5.41) is 33.8. The van der Waals surface area contributed by atoms with Gasteiger partial charge in [0.25, 0.3) is 0 Å². The first-order valence-electron chi connectivity index (χ1n) is 11.4. The summed E-state index contributed by atoms with van der Waals surface area (Å²) >= 11 is 0. The number of nitrogens with two attached hydrogens (primary N) is 4. The van der Waals surface area contributed by atoms with Crippen molar-refractivity contribution in [3.05, 3.63) is 0 Å². The minimum atomic E-state index is -1.80. The van der Waals surface area contributed by atoms with E-state index in [-0.39, 0.29) is 31.8 Å². The van der Waals surface area contributed by atoms with Gasteiger partial charge in [-0.1, -0.05) is 6.42 Å². The molecule has 0 aliphatic heterocycles. The lowest BCUT2D eigenvalue weighted by Crippen LogP contribution is -2.57. The number of hydrogen-bond acceptors (Lipinski definition) is 9. The average molecular weight is 533 g/mol. The number of guanidine groups is 1. The summed E-state index contributed by atoms with van der Waals surface area (Å²) in [5.74, 6) is -7.68. The first kappa shape index (κ1) is 33.0. The lowest BCUT2D eigenvalue weighted by molar-refractivity contribution is -0.147. The third kappa shape index (κ3) is 14.9. The molecule has 3 amide bonds. The van der Waals surface area contributed by atoms with Gasteiger partial charge in [-0.25, -0.2) is 4.79 Å². The van der Waals surface area contributed by atoms with E-state index in [0.717, 1.165) is 0 Å². The maximum Gasteiger partial charge on any atom is 0.326 e. The quantitative estimate of drug-likeness (QED) is 0.0431. The van der Waals surface area contributed by atoms with Gasteiger partial charge in [0.15, 0.2) is 5.96 Å². The molecule has 0 aromatic carbocycles. The van der Waals surface area contributed by atoms with E-state index in [2.05, 4.69) is 15.6 Å². The molecule has 0 bridgehead atoms. The first-order valence-corrected chi connectivity index (χ1v) is 11.4. The number of carbonyl (C=O) groups is 6. The predicted octanol–water partition coefficient (Wildman–Crippen LogP) is -4.02. The molecule has 17 heteroatoms. The van der Waals surface area contributed by atoms with Crippen LogP contribution in [0.25, 0.3) is 0 Å². The van der Waals surface area contributed by atoms with Crippen LogP contribution < -0.4 is 38.9 Å². The summed E-state index contributed by atoms with van der Waals surface area (Å²) < 4.78 is 0. The lowest BCUT2D eigenvalue weighted by atomic mass is 10.1. The van der Waals surface area contributed by atoms with Crippen molar-refractivity contribution in [2.45, 2.75) is 69.1 Å². The number of carboxylic acid groups (broad SMARTS) is 3. The molecule has 4 unspecified atom stereocenters. The summed E-state index contributed by atoms with van der Waals surface area (Å²) in [6.45, 7) is 0.423. The van der Waals surface area contributed by atoms with Crippen molar-refractivity contribution >= 4 is 41.6 Å². The van der Waals surface area contributed by atoms with Crippen LogP contribution in [0.15, 0.2) is 4.99 Å². The van der Waals surface area contributed by atoms with Crippen molar-refractivity contribution in [2.24, 2.45) is 27.9 Å². The summed E-state index contributed by atoms with van der Waals surface area (Å²) in [7, 11) is 0. The number of carboxylic acids is 3. The van der Waals surface area contributed by atoms with Crippen LogP contribution in [0.2, 0.25) is 0 Å². The van der Waals surface area contributed by atoms with Crippen LogP contribution in [-0.4, -0.2) is 94.2 Å². The summed E-state index contributed by atoms with van der Waals surface area (Å²) in [6.07, 6.45) is -0.424. The molecular weight excluding hydrogens is 496 g/mol. The van der Waals surface area contributed by atoms with E-state index >= 15 is 0 Å². The molecule has 0 rings (SSSR count). The fraction of sp³-hybridized carbons (Fsp3) is 0.650. The zero-order valence-electron chi connectivity index (χ0n) is 20.2. The highest BCUT2D eigenvalue weighted by atomic mass is 16.4. The fourth-order valence-corrected chi connectivity index (χ4v) is 2.99. The molecule has 0 aromatic rings. The molecule has 14 N–H and O–H groups in total. The van der Waals surface area contributed by atoms with E-state index in [4.69, 9.17) is 28.0 Å². The average Bonchev–Trinajstić information content (AvgIpc) is 2.79. The number of nitrogens with zero attached hydrogens (tertiary/aromatic N) is 1. The fourth-order valence-electron chi connectivity index (χ4n) is 2.99. The molecule has 4 atom stereocenters. The Kier molecular flexibility index (Phi) is 15.6. The third-order valence-electron chi connectivity index (χ3n) is 4.89. The maximum absolute atomic E-state index is 12.8. The summed E-state index contributed by atoms with van der Waals surface area (Å²) in [4.78, 5) is 75.2. The van der Waals surface area contributed by atoms with Crippen molar-refractivity contribution in [3.8, 4) is 0 Å². The Morgan fingerprint density at radius 3 is 1.73 bits per heavy atom. The third-order valence-corrected chi connectivity index (χ3v) is 4.89. The van der Waals surface area contributed by atoms with Crippen molar-refractivity contribution in [2.75, 3.05) is 13.1 Å². The highest BCUT2D eigenvalue weighted by Gasteiger charge is 2.31. The van der Waals surface area contributed by atoms with Crippen LogP contribution in [0.1, 0.15) is 44.9 Å². The molecule has 0 saturated carbocycles. The summed E-state index contributed by atoms with van der Waals surface area (Å²) in [6, 6.07) is -5.90. The number of nitrogens with one attached hydrogen (secondary N) is 3.